The number of benzene rings is 1. The molecule has 1 aromatic carbocycles. The first kappa shape index (κ1) is 8.82. The van der Waals surface area contributed by atoms with Crippen LogP contribution >= 0.6 is 0 Å². The summed E-state index contributed by atoms with van der Waals surface area (Å²) >= 11 is 0. The monoisotopic (exact) mass is 184 g/mol. The summed E-state index contributed by atoms with van der Waals surface area (Å²) in [5.74, 6) is 0. The zero-order chi connectivity index (χ0) is 9.64. The third-order valence-electron chi connectivity index (χ3n) is 2.00. The van der Waals surface area contributed by atoms with E-state index in [2.05, 4.69) is 18.2 Å². The molecular formula is C13H12O. The van der Waals surface area contributed by atoms with E-state index in [1.165, 1.54) is 5.56 Å². The van der Waals surface area contributed by atoms with Gasteiger partial charge in [0.15, 0.2) is 0 Å². The molecule has 1 atom stereocenters. The molecule has 0 N–H and O–H groups in total. The maximum Gasteiger partial charge on any atom is 0.135 e. The summed E-state index contributed by atoms with van der Waals surface area (Å²) in [6.45, 7) is 0. The summed E-state index contributed by atoms with van der Waals surface area (Å²) < 4.78 is 5.35. The standard InChI is InChI=1S/C13H12O/c1-2-6-12(7-3-1)9-10-13-8-4-5-11-14-13/h1-11,13H. The van der Waals surface area contributed by atoms with Gasteiger partial charge in [0.05, 0.1) is 6.26 Å². The average Bonchev–Trinajstić information content (AvgIpc) is 2.29. The van der Waals surface area contributed by atoms with Gasteiger partial charge >= 0.3 is 0 Å². The highest BCUT2D eigenvalue weighted by Gasteiger charge is 1.99. The van der Waals surface area contributed by atoms with E-state index < -0.39 is 0 Å². The highest BCUT2D eigenvalue weighted by Crippen LogP contribution is 2.07. The van der Waals surface area contributed by atoms with Crippen molar-refractivity contribution in [1.29, 1.82) is 0 Å². The van der Waals surface area contributed by atoms with Crippen LogP contribution in [-0.2, 0) is 4.74 Å². The molecule has 1 unspecified atom stereocenters. The minimum Gasteiger partial charge on any atom is -0.490 e. The van der Waals surface area contributed by atoms with Crippen molar-refractivity contribution in [2.24, 2.45) is 0 Å². The maximum absolute atomic E-state index is 5.35. The van der Waals surface area contributed by atoms with E-state index in [-0.39, 0.29) is 6.10 Å². The van der Waals surface area contributed by atoms with Gasteiger partial charge in [-0.15, -0.1) is 0 Å². The molecule has 0 saturated heterocycles. The first-order chi connectivity index (χ1) is 6.95. The normalized spacial score (nSPS) is 19.9. The molecule has 1 heteroatoms. The van der Waals surface area contributed by atoms with Gasteiger partial charge in [-0.2, -0.15) is 0 Å². The summed E-state index contributed by atoms with van der Waals surface area (Å²) in [4.78, 5) is 0. The fraction of sp³-hybridized carbons (Fsp3) is 0.0769. The van der Waals surface area contributed by atoms with Gasteiger partial charge in [-0.3, -0.25) is 0 Å². The lowest BCUT2D eigenvalue weighted by atomic mass is 10.2. The van der Waals surface area contributed by atoms with Gasteiger partial charge in [0.25, 0.3) is 0 Å². The Morgan fingerprint density at radius 1 is 1.07 bits per heavy atom. The highest BCUT2D eigenvalue weighted by atomic mass is 16.5. The van der Waals surface area contributed by atoms with Crippen molar-refractivity contribution < 1.29 is 4.74 Å². The van der Waals surface area contributed by atoms with Gasteiger partial charge in [-0.05, 0) is 23.8 Å². The summed E-state index contributed by atoms with van der Waals surface area (Å²) in [5, 5.41) is 0. The van der Waals surface area contributed by atoms with Crippen molar-refractivity contribution in [3.63, 3.8) is 0 Å². The Balaban J connectivity index is 2.01. The third-order valence-corrected chi connectivity index (χ3v) is 2.00. The lowest BCUT2D eigenvalue weighted by Gasteiger charge is -2.09. The lowest BCUT2D eigenvalue weighted by Crippen LogP contribution is -2.03. The first-order valence-electron chi connectivity index (χ1n) is 4.67. The van der Waals surface area contributed by atoms with Crippen LogP contribution in [0.5, 0.6) is 0 Å². The molecule has 1 nitrogen and oxygen atoms in total. The van der Waals surface area contributed by atoms with Crippen LogP contribution in [0.2, 0.25) is 0 Å². The van der Waals surface area contributed by atoms with Crippen molar-refractivity contribution in [3.05, 3.63) is 66.5 Å². The van der Waals surface area contributed by atoms with E-state index in [0.29, 0.717) is 0 Å². The minimum absolute atomic E-state index is 0.0696. The first-order valence-corrected chi connectivity index (χ1v) is 4.67. The highest BCUT2D eigenvalue weighted by molar-refractivity contribution is 5.49. The summed E-state index contributed by atoms with van der Waals surface area (Å²) in [7, 11) is 0. The van der Waals surface area contributed by atoms with Crippen LogP contribution in [0.25, 0.3) is 6.08 Å². The Morgan fingerprint density at radius 3 is 2.64 bits per heavy atom. The van der Waals surface area contributed by atoms with Crippen molar-refractivity contribution in [3.8, 4) is 0 Å². The van der Waals surface area contributed by atoms with Gasteiger partial charge in [-0.1, -0.05) is 42.5 Å². The summed E-state index contributed by atoms with van der Waals surface area (Å²) in [5.41, 5.74) is 1.19. The van der Waals surface area contributed by atoms with E-state index in [4.69, 9.17) is 4.74 Å². The SMILES string of the molecule is C1=COC(C=Cc2ccccc2)C=C1. The van der Waals surface area contributed by atoms with Crippen molar-refractivity contribution in [2.75, 3.05) is 0 Å². The molecular weight excluding hydrogens is 172 g/mol. The van der Waals surface area contributed by atoms with Gasteiger partial charge in [0.2, 0.25) is 0 Å². The molecule has 0 bridgehead atoms. The van der Waals surface area contributed by atoms with Crippen LogP contribution in [-0.4, -0.2) is 6.10 Å². The van der Waals surface area contributed by atoms with Crippen molar-refractivity contribution in [1.82, 2.24) is 0 Å². The fourth-order valence-corrected chi connectivity index (χ4v) is 1.28. The van der Waals surface area contributed by atoms with Crippen LogP contribution in [0.3, 0.4) is 0 Å². The Bertz CT molecular complexity index is 360. The topological polar surface area (TPSA) is 9.23 Å². The van der Waals surface area contributed by atoms with E-state index in [1.807, 2.05) is 42.5 Å². The third kappa shape index (κ3) is 2.36. The van der Waals surface area contributed by atoms with Crippen LogP contribution in [0, 0.1) is 0 Å². The minimum atomic E-state index is 0.0696. The molecule has 14 heavy (non-hydrogen) atoms. The molecule has 0 radical (unpaired) electrons. The molecule has 0 spiro atoms. The molecule has 0 aliphatic carbocycles. The molecule has 1 aliphatic heterocycles. The second-order valence-electron chi connectivity index (χ2n) is 3.08. The average molecular weight is 184 g/mol. The van der Waals surface area contributed by atoms with Crippen molar-refractivity contribution in [2.45, 2.75) is 6.10 Å². The zero-order valence-electron chi connectivity index (χ0n) is 7.84. The largest absolute Gasteiger partial charge is 0.490 e. The van der Waals surface area contributed by atoms with Gasteiger partial charge in [0.1, 0.15) is 6.10 Å². The predicted octanol–water partition coefficient (Wildman–Crippen LogP) is 3.17. The number of hydrogen-bond donors (Lipinski definition) is 0. The van der Waals surface area contributed by atoms with E-state index in [0.717, 1.165) is 0 Å². The Kier molecular flexibility index (Phi) is 2.82. The number of ether oxygens (including phenoxy) is 1. The Morgan fingerprint density at radius 2 is 1.93 bits per heavy atom. The number of rotatable bonds is 2. The number of allylic oxidation sites excluding steroid dienone is 2. The van der Waals surface area contributed by atoms with Crippen LogP contribution in [0.15, 0.2) is 60.9 Å². The van der Waals surface area contributed by atoms with E-state index >= 15 is 0 Å². The quantitative estimate of drug-likeness (QED) is 0.686. The zero-order valence-corrected chi connectivity index (χ0v) is 7.84. The Labute approximate surface area is 84.0 Å². The Hall–Kier alpha value is -1.76. The van der Waals surface area contributed by atoms with Gasteiger partial charge in [0, 0.05) is 0 Å². The lowest BCUT2D eigenvalue weighted by molar-refractivity contribution is 0.225. The summed E-state index contributed by atoms with van der Waals surface area (Å²) in [6, 6.07) is 10.2. The molecule has 70 valence electrons. The maximum atomic E-state index is 5.35. The number of hydrogen-bond acceptors (Lipinski definition) is 1. The van der Waals surface area contributed by atoms with Crippen LogP contribution < -0.4 is 0 Å². The van der Waals surface area contributed by atoms with Crippen LogP contribution in [0.1, 0.15) is 5.56 Å². The molecule has 1 aliphatic rings. The van der Waals surface area contributed by atoms with E-state index in [9.17, 15) is 0 Å². The summed E-state index contributed by atoms with van der Waals surface area (Å²) in [6.07, 6.45) is 11.8. The molecule has 2 rings (SSSR count). The molecule has 0 saturated carbocycles. The molecule has 0 aromatic heterocycles. The van der Waals surface area contributed by atoms with Crippen LogP contribution in [0.4, 0.5) is 0 Å². The fourth-order valence-electron chi connectivity index (χ4n) is 1.28. The second-order valence-corrected chi connectivity index (χ2v) is 3.08. The van der Waals surface area contributed by atoms with Gasteiger partial charge in [-0.25, -0.2) is 0 Å². The molecule has 0 fully saturated rings. The molecule has 1 heterocycles. The smallest absolute Gasteiger partial charge is 0.135 e. The second kappa shape index (κ2) is 4.47. The predicted molar refractivity (Wildman–Crippen MR) is 58.6 cm³/mol. The molecule has 0 amide bonds. The van der Waals surface area contributed by atoms with Crippen molar-refractivity contribution >= 4 is 6.08 Å². The molecule has 1 aromatic rings. The van der Waals surface area contributed by atoms with E-state index in [1.54, 1.807) is 6.26 Å². The van der Waals surface area contributed by atoms with Gasteiger partial charge < -0.3 is 4.74 Å².